The second-order valence-corrected chi connectivity index (χ2v) is 7.59. The average molecular weight is 439 g/mol. The van der Waals surface area contributed by atoms with Crippen molar-refractivity contribution >= 4 is 11.9 Å². The van der Waals surface area contributed by atoms with E-state index in [1.165, 1.54) is 24.0 Å². The number of aliphatic carboxylic acids is 1. The lowest BCUT2D eigenvalue weighted by Crippen LogP contribution is -2.32. The van der Waals surface area contributed by atoms with Crippen LogP contribution in [0.1, 0.15) is 42.2 Å². The van der Waals surface area contributed by atoms with Crippen molar-refractivity contribution in [2.75, 3.05) is 13.2 Å². The van der Waals surface area contributed by atoms with E-state index >= 15 is 0 Å². The summed E-state index contributed by atoms with van der Waals surface area (Å²) >= 11 is 0. The predicted molar refractivity (Wildman–Crippen MR) is 104 cm³/mol. The van der Waals surface area contributed by atoms with E-state index in [9.17, 15) is 18.0 Å². The van der Waals surface area contributed by atoms with Crippen LogP contribution in [0.15, 0.2) is 36.5 Å². The van der Waals surface area contributed by atoms with Gasteiger partial charge in [-0.1, -0.05) is 30.3 Å². The fourth-order valence-corrected chi connectivity index (χ4v) is 3.20. The number of alkyl halides is 3. The van der Waals surface area contributed by atoms with Crippen LogP contribution in [-0.2, 0) is 27.3 Å². The molecule has 0 bridgehead atoms. The van der Waals surface area contributed by atoms with E-state index in [0.717, 1.165) is 18.7 Å². The molecule has 2 aromatic rings. The Labute approximate surface area is 177 Å². The van der Waals surface area contributed by atoms with Crippen LogP contribution in [0.2, 0.25) is 0 Å². The third kappa shape index (κ3) is 7.09. The number of amides is 1. The molecule has 1 aromatic carbocycles. The van der Waals surface area contributed by atoms with Crippen LogP contribution < -0.4 is 5.32 Å². The topological polar surface area (TPSA) is 93.5 Å². The lowest BCUT2D eigenvalue weighted by Gasteiger charge is -2.22. The van der Waals surface area contributed by atoms with Crippen molar-refractivity contribution in [3.63, 3.8) is 0 Å². The van der Waals surface area contributed by atoms with Gasteiger partial charge in [0, 0.05) is 19.2 Å². The van der Waals surface area contributed by atoms with Gasteiger partial charge in [0.2, 0.25) is 5.91 Å². The minimum Gasteiger partial charge on any atom is -0.475 e. The second-order valence-electron chi connectivity index (χ2n) is 7.59. The van der Waals surface area contributed by atoms with Gasteiger partial charge in [-0.05, 0) is 36.3 Å². The van der Waals surface area contributed by atoms with Crippen LogP contribution in [0.3, 0.4) is 0 Å². The SMILES string of the molecule is O=C(CC1CC1)NCC1OCCc2cn(Cc3ccccc3)nc21.O=C(O)C(F)(F)F. The molecule has 0 saturated heterocycles. The first-order valence-electron chi connectivity index (χ1n) is 10.0. The summed E-state index contributed by atoms with van der Waals surface area (Å²) in [7, 11) is 0. The fraction of sp³-hybridized carbons (Fsp3) is 0.476. The molecule has 1 fully saturated rings. The molecule has 1 aliphatic heterocycles. The third-order valence-electron chi connectivity index (χ3n) is 4.95. The average Bonchev–Trinajstić information content (AvgIpc) is 3.43. The highest BCUT2D eigenvalue weighted by Crippen LogP contribution is 2.32. The van der Waals surface area contributed by atoms with Gasteiger partial charge in [0.1, 0.15) is 6.10 Å². The third-order valence-corrected chi connectivity index (χ3v) is 4.95. The second kappa shape index (κ2) is 9.95. The Kier molecular flexibility index (Phi) is 7.32. The van der Waals surface area contributed by atoms with Gasteiger partial charge in [0.15, 0.2) is 0 Å². The first kappa shape index (κ1) is 22.8. The number of hydrogen-bond donors (Lipinski definition) is 2. The quantitative estimate of drug-likeness (QED) is 0.722. The zero-order valence-electron chi connectivity index (χ0n) is 16.8. The summed E-state index contributed by atoms with van der Waals surface area (Å²) in [5, 5.41) is 14.9. The summed E-state index contributed by atoms with van der Waals surface area (Å²) in [4.78, 5) is 20.8. The smallest absolute Gasteiger partial charge is 0.475 e. The molecule has 1 saturated carbocycles. The molecule has 2 aliphatic rings. The summed E-state index contributed by atoms with van der Waals surface area (Å²) in [5.74, 6) is -2.01. The van der Waals surface area contributed by atoms with Crippen LogP contribution in [-0.4, -0.2) is 46.1 Å². The van der Waals surface area contributed by atoms with E-state index in [4.69, 9.17) is 19.7 Å². The molecule has 1 aromatic heterocycles. The number of carboxylic acids is 1. The number of carbonyl (C=O) groups excluding carboxylic acids is 1. The highest BCUT2D eigenvalue weighted by atomic mass is 19.4. The summed E-state index contributed by atoms with van der Waals surface area (Å²) in [5.41, 5.74) is 3.44. The van der Waals surface area contributed by atoms with E-state index in [1.807, 2.05) is 22.9 Å². The number of aromatic nitrogens is 2. The molecule has 1 amide bonds. The zero-order valence-corrected chi connectivity index (χ0v) is 16.8. The van der Waals surface area contributed by atoms with Crippen molar-refractivity contribution in [3.05, 3.63) is 53.3 Å². The summed E-state index contributed by atoms with van der Waals surface area (Å²) < 4.78 is 39.6. The summed E-state index contributed by atoms with van der Waals surface area (Å²) in [6.45, 7) is 1.96. The molecule has 31 heavy (non-hydrogen) atoms. The molecule has 2 heterocycles. The Bertz CT molecular complexity index is 895. The zero-order chi connectivity index (χ0) is 22.4. The van der Waals surface area contributed by atoms with Gasteiger partial charge >= 0.3 is 12.1 Å². The number of carbonyl (C=O) groups is 2. The van der Waals surface area contributed by atoms with Crippen molar-refractivity contribution in [1.29, 1.82) is 0 Å². The molecule has 1 aliphatic carbocycles. The molecule has 0 radical (unpaired) electrons. The molecule has 7 nitrogen and oxygen atoms in total. The van der Waals surface area contributed by atoms with Gasteiger partial charge in [-0.25, -0.2) is 4.79 Å². The molecular weight excluding hydrogens is 415 g/mol. The minimum absolute atomic E-state index is 0.131. The number of rotatable bonds is 6. The number of nitrogens with one attached hydrogen (secondary N) is 1. The Morgan fingerprint density at radius 1 is 1.23 bits per heavy atom. The molecule has 1 atom stereocenters. The number of benzene rings is 1. The Morgan fingerprint density at radius 2 is 1.90 bits per heavy atom. The first-order chi connectivity index (χ1) is 14.7. The standard InChI is InChI=1S/C19H23N3O2.C2HF3O2/c23-18(10-14-6-7-14)20-11-17-19-16(8-9-24-17)13-22(21-19)12-15-4-2-1-3-5-15;3-2(4,5)1(6)7/h1-5,13-14,17H,6-12H2,(H,20,23);(H,6,7). The maximum Gasteiger partial charge on any atom is 0.490 e. The van der Waals surface area contributed by atoms with Gasteiger partial charge in [0.25, 0.3) is 0 Å². The maximum absolute atomic E-state index is 11.9. The van der Waals surface area contributed by atoms with Crippen LogP contribution in [0, 0.1) is 5.92 Å². The Balaban J connectivity index is 0.000000339. The largest absolute Gasteiger partial charge is 0.490 e. The fourth-order valence-electron chi connectivity index (χ4n) is 3.20. The predicted octanol–water partition coefficient (Wildman–Crippen LogP) is 3.09. The van der Waals surface area contributed by atoms with Crippen molar-refractivity contribution in [3.8, 4) is 0 Å². The highest BCUT2D eigenvalue weighted by Gasteiger charge is 2.38. The molecule has 4 rings (SSSR count). The lowest BCUT2D eigenvalue weighted by atomic mass is 10.1. The monoisotopic (exact) mass is 439 g/mol. The van der Waals surface area contributed by atoms with E-state index in [1.54, 1.807) is 0 Å². The van der Waals surface area contributed by atoms with Crippen LogP contribution >= 0.6 is 0 Å². The van der Waals surface area contributed by atoms with E-state index in [2.05, 4.69) is 23.6 Å². The lowest BCUT2D eigenvalue weighted by molar-refractivity contribution is -0.192. The maximum atomic E-state index is 11.9. The Hall–Kier alpha value is -2.88. The highest BCUT2D eigenvalue weighted by molar-refractivity contribution is 5.76. The van der Waals surface area contributed by atoms with Crippen molar-refractivity contribution in [1.82, 2.24) is 15.1 Å². The van der Waals surface area contributed by atoms with E-state index in [0.29, 0.717) is 25.5 Å². The number of halogens is 3. The number of nitrogens with zero attached hydrogens (tertiary/aromatic N) is 2. The summed E-state index contributed by atoms with van der Waals surface area (Å²) in [6.07, 6.45) is 0.833. The van der Waals surface area contributed by atoms with E-state index in [-0.39, 0.29) is 12.0 Å². The normalized spacial score (nSPS) is 17.8. The van der Waals surface area contributed by atoms with Crippen LogP contribution in [0.4, 0.5) is 13.2 Å². The number of fused-ring (bicyclic) bond motifs is 1. The van der Waals surface area contributed by atoms with Crippen molar-refractivity contribution in [2.24, 2.45) is 5.92 Å². The number of ether oxygens (including phenoxy) is 1. The summed E-state index contributed by atoms with van der Waals surface area (Å²) in [6, 6.07) is 10.3. The van der Waals surface area contributed by atoms with Gasteiger partial charge in [-0.2, -0.15) is 18.3 Å². The first-order valence-corrected chi connectivity index (χ1v) is 10.0. The van der Waals surface area contributed by atoms with Crippen molar-refractivity contribution < 1.29 is 32.6 Å². The minimum atomic E-state index is -5.08. The van der Waals surface area contributed by atoms with Gasteiger partial charge in [-0.15, -0.1) is 0 Å². The van der Waals surface area contributed by atoms with E-state index < -0.39 is 12.1 Å². The van der Waals surface area contributed by atoms with Crippen LogP contribution in [0.25, 0.3) is 0 Å². The number of carboxylic acid groups (broad SMARTS) is 1. The van der Waals surface area contributed by atoms with Gasteiger partial charge in [0.05, 0.1) is 18.8 Å². The van der Waals surface area contributed by atoms with Gasteiger partial charge in [-0.3, -0.25) is 9.48 Å². The van der Waals surface area contributed by atoms with Crippen LogP contribution in [0.5, 0.6) is 0 Å². The number of hydrogen-bond acceptors (Lipinski definition) is 4. The molecule has 1 unspecified atom stereocenters. The van der Waals surface area contributed by atoms with Crippen molar-refractivity contribution in [2.45, 2.75) is 44.5 Å². The molecule has 2 N–H and O–H groups in total. The Morgan fingerprint density at radius 3 is 2.52 bits per heavy atom. The molecule has 168 valence electrons. The molecular formula is C21H24F3N3O4. The molecule has 0 spiro atoms. The van der Waals surface area contributed by atoms with Gasteiger partial charge < -0.3 is 15.2 Å². The molecule has 10 heteroatoms.